The van der Waals surface area contributed by atoms with Crippen molar-refractivity contribution in [3.8, 4) is 5.69 Å². The van der Waals surface area contributed by atoms with Crippen molar-refractivity contribution in [2.24, 2.45) is 7.05 Å². The first kappa shape index (κ1) is 20.3. The number of ether oxygens (including phenoxy) is 1. The molecule has 0 bridgehead atoms. The van der Waals surface area contributed by atoms with Crippen molar-refractivity contribution in [3.63, 3.8) is 0 Å². The Hall–Kier alpha value is -3.56. The van der Waals surface area contributed by atoms with Crippen LogP contribution in [0.15, 0.2) is 55.0 Å². The fourth-order valence-corrected chi connectivity index (χ4v) is 4.07. The van der Waals surface area contributed by atoms with Crippen LogP contribution >= 0.6 is 0 Å². The lowest BCUT2D eigenvalue weighted by Crippen LogP contribution is -2.48. The summed E-state index contributed by atoms with van der Waals surface area (Å²) in [6, 6.07) is 11.5. The number of pyridine rings is 1. The van der Waals surface area contributed by atoms with Gasteiger partial charge in [0.2, 0.25) is 0 Å². The summed E-state index contributed by atoms with van der Waals surface area (Å²) in [5, 5.41) is 21.6. The maximum atomic E-state index is 12.9. The molecule has 0 saturated carbocycles. The molecule has 164 valence electrons. The van der Waals surface area contributed by atoms with Crippen LogP contribution in [0.25, 0.3) is 16.7 Å². The first-order chi connectivity index (χ1) is 15.6. The van der Waals surface area contributed by atoms with Crippen LogP contribution in [0.2, 0.25) is 0 Å². The first-order valence-electron chi connectivity index (χ1n) is 10.6. The summed E-state index contributed by atoms with van der Waals surface area (Å²) in [6.45, 7) is 0.733. The normalized spacial score (nSPS) is 18.7. The Morgan fingerprint density at radius 3 is 2.88 bits per heavy atom. The lowest BCUT2D eigenvalue weighted by Gasteiger charge is -2.28. The zero-order valence-electron chi connectivity index (χ0n) is 17.7. The van der Waals surface area contributed by atoms with E-state index in [1.807, 2.05) is 42.2 Å². The number of aryl methyl sites for hydroxylation is 1. The van der Waals surface area contributed by atoms with Gasteiger partial charge in [-0.15, -0.1) is 0 Å². The van der Waals surface area contributed by atoms with Crippen molar-refractivity contribution in [1.82, 2.24) is 29.9 Å². The Morgan fingerprint density at radius 2 is 2.12 bits per heavy atom. The van der Waals surface area contributed by atoms with E-state index >= 15 is 0 Å². The monoisotopic (exact) mass is 432 g/mol. The Labute approximate surface area is 184 Å². The number of nitrogens with zero attached hydrogens (tertiary/aromatic N) is 5. The predicted octanol–water partition coefficient (Wildman–Crippen LogP) is 1.62. The molecule has 2 N–H and O–H groups in total. The molecular formula is C23H24N6O3. The molecule has 0 spiro atoms. The van der Waals surface area contributed by atoms with Gasteiger partial charge in [-0.25, -0.2) is 9.67 Å². The maximum Gasteiger partial charge on any atom is 0.270 e. The molecule has 1 saturated heterocycles. The van der Waals surface area contributed by atoms with Crippen LogP contribution < -0.4 is 5.32 Å². The van der Waals surface area contributed by atoms with Crippen LogP contribution in [0.4, 0.5) is 0 Å². The Morgan fingerprint density at radius 1 is 1.28 bits per heavy atom. The Kier molecular flexibility index (Phi) is 5.42. The molecular weight excluding hydrogens is 408 g/mol. The number of hydrogen-bond acceptors (Lipinski definition) is 6. The van der Waals surface area contributed by atoms with Gasteiger partial charge in [0.15, 0.2) is 0 Å². The van der Waals surface area contributed by atoms with Gasteiger partial charge in [0.25, 0.3) is 5.91 Å². The van der Waals surface area contributed by atoms with Gasteiger partial charge in [-0.1, -0.05) is 12.1 Å². The molecule has 1 amide bonds. The lowest BCUT2D eigenvalue weighted by molar-refractivity contribution is -0.0261. The van der Waals surface area contributed by atoms with E-state index in [-0.39, 0.29) is 18.6 Å². The zero-order chi connectivity index (χ0) is 22.1. The summed E-state index contributed by atoms with van der Waals surface area (Å²) in [7, 11) is 1.87. The van der Waals surface area contributed by atoms with Crippen molar-refractivity contribution in [2.45, 2.75) is 25.0 Å². The number of rotatable bonds is 5. The van der Waals surface area contributed by atoms with E-state index in [0.29, 0.717) is 30.7 Å². The van der Waals surface area contributed by atoms with Gasteiger partial charge in [0.05, 0.1) is 36.2 Å². The van der Waals surface area contributed by atoms with Crippen LogP contribution in [0.3, 0.4) is 0 Å². The highest BCUT2D eigenvalue weighted by Gasteiger charge is 2.26. The third-order valence-electron chi connectivity index (χ3n) is 5.75. The maximum absolute atomic E-state index is 12.9. The van der Waals surface area contributed by atoms with E-state index < -0.39 is 6.10 Å². The summed E-state index contributed by atoms with van der Waals surface area (Å²) in [5.74, 6) is -0.308. The number of fused-ring (bicyclic) bond motifs is 1. The number of nitrogens with one attached hydrogen (secondary N) is 1. The number of hydrogen-bond donors (Lipinski definition) is 2. The molecule has 1 aliphatic rings. The van der Waals surface area contributed by atoms with Crippen LogP contribution in [0.5, 0.6) is 0 Å². The molecule has 5 rings (SSSR count). The summed E-state index contributed by atoms with van der Waals surface area (Å²) >= 11 is 0. The van der Waals surface area contributed by atoms with Crippen molar-refractivity contribution < 1.29 is 14.6 Å². The third kappa shape index (κ3) is 4.00. The molecule has 1 aliphatic heterocycles. The van der Waals surface area contributed by atoms with Gasteiger partial charge in [0, 0.05) is 26.0 Å². The van der Waals surface area contributed by atoms with Gasteiger partial charge in [-0.05, 0) is 48.2 Å². The van der Waals surface area contributed by atoms with E-state index in [4.69, 9.17) is 4.74 Å². The minimum Gasteiger partial charge on any atom is -0.389 e. The average molecular weight is 432 g/mol. The molecule has 1 fully saturated rings. The molecule has 3 aromatic heterocycles. The van der Waals surface area contributed by atoms with Gasteiger partial charge in [0.1, 0.15) is 11.2 Å². The summed E-state index contributed by atoms with van der Waals surface area (Å²) < 4.78 is 8.83. The summed E-state index contributed by atoms with van der Waals surface area (Å²) in [4.78, 5) is 17.4. The zero-order valence-corrected chi connectivity index (χ0v) is 17.7. The second-order valence-corrected chi connectivity index (χ2v) is 7.97. The third-order valence-corrected chi connectivity index (χ3v) is 5.75. The highest BCUT2D eigenvalue weighted by molar-refractivity contribution is 5.95. The number of aliphatic hydroxyl groups is 1. The summed E-state index contributed by atoms with van der Waals surface area (Å²) in [5.41, 5.74) is 4.90. The standard InChI is InChI=1S/C23H24N6O3/c1-28-22-16(11-15-3-5-17(6-4-15)29-9-2-8-24-29)12-19(26-20(22)13-25-28)23(31)27-18-7-10-32-14-21(18)30/h2-6,8-9,12-13,18,21,30H,7,10-11,14H2,1H3,(H,27,31)/t18-,21-/m0/s1. The highest BCUT2D eigenvalue weighted by atomic mass is 16.5. The van der Waals surface area contributed by atoms with E-state index in [0.717, 1.165) is 22.3 Å². The molecule has 4 aromatic rings. The van der Waals surface area contributed by atoms with Crippen molar-refractivity contribution in [3.05, 3.63) is 71.8 Å². The van der Waals surface area contributed by atoms with Gasteiger partial charge in [-0.2, -0.15) is 10.2 Å². The number of benzene rings is 1. The number of aromatic nitrogens is 5. The van der Waals surface area contributed by atoms with E-state index in [9.17, 15) is 9.90 Å². The van der Waals surface area contributed by atoms with E-state index in [2.05, 4.69) is 32.6 Å². The van der Waals surface area contributed by atoms with Crippen molar-refractivity contribution in [1.29, 1.82) is 0 Å². The second kappa shape index (κ2) is 8.52. The molecule has 0 radical (unpaired) electrons. The number of carbonyl (C=O) groups excluding carboxylic acids is 1. The van der Waals surface area contributed by atoms with Crippen LogP contribution in [0, 0.1) is 0 Å². The predicted molar refractivity (Wildman–Crippen MR) is 118 cm³/mol. The van der Waals surface area contributed by atoms with Crippen LogP contribution in [-0.2, 0) is 18.2 Å². The van der Waals surface area contributed by atoms with Gasteiger partial charge >= 0.3 is 0 Å². The minimum absolute atomic E-state index is 0.222. The van der Waals surface area contributed by atoms with Crippen molar-refractivity contribution >= 4 is 16.9 Å². The Balaban J connectivity index is 1.43. The average Bonchev–Trinajstić information content (AvgIpc) is 3.46. The fraction of sp³-hybridized carbons (Fsp3) is 0.304. The lowest BCUT2D eigenvalue weighted by atomic mass is 10.0. The Bertz CT molecular complexity index is 1230. The minimum atomic E-state index is -0.720. The van der Waals surface area contributed by atoms with Gasteiger partial charge in [-0.3, -0.25) is 9.48 Å². The van der Waals surface area contributed by atoms with E-state index in [1.54, 1.807) is 17.1 Å². The molecule has 2 atom stereocenters. The molecule has 9 heteroatoms. The summed E-state index contributed by atoms with van der Waals surface area (Å²) in [6.07, 6.45) is 5.78. The smallest absolute Gasteiger partial charge is 0.270 e. The number of carbonyl (C=O) groups is 1. The largest absolute Gasteiger partial charge is 0.389 e. The molecule has 1 aromatic carbocycles. The molecule has 0 aliphatic carbocycles. The number of aliphatic hydroxyl groups excluding tert-OH is 1. The molecule has 9 nitrogen and oxygen atoms in total. The highest BCUT2D eigenvalue weighted by Crippen LogP contribution is 2.22. The SMILES string of the molecule is Cn1ncc2nc(C(=O)N[C@H]3CCOC[C@@H]3O)cc(Cc3ccc(-n4cccn4)cc3)c21. The van der Waals surface area contributed by atoms with Crippen LogP contribution in [-0.4, -0.2) is 60.9 Å². The number of amides is 1. The fourth-order valence-electron chi connectivity index (χ4n) is 4.07. The van der Waals surface area contributed by atoms with Gasteiger partial charge < -0.3 is 15.2 Å². The first-order valence-corrected chi connectivity index (χ1v) is 10.6. The molecule has 0 unspecified atom stereocenters. The topological polar surface area (TPSA) is 107 Å². The second-order valence-electron chi connectivity index (χ2n) is 7.97. The molecule has 4 heterocycles. The quantitative estimate of drug-likeness (QED) is 0.496. The molecule has 32 heavy (non-hydrogen) atoms. The van der Waals surface area contributed by atoms with Crippen LogP contribution in [0.1, 0.15) is 28.0 Å². The van der Waals surface area contributed by atoms with E-state index in [1.165, 1.54) is 0 Å². The van der Waals surface area contributed by atoms with Crippen molar-refractivity contribution in [2.75, 3.05) is 13.2 Å².